The van der Waals surface area contributed by atoms with Gasteiger partial charge in [-0.3, -0.25) is 4.79 Å². The molecule has 0 amide bonds. The zero-order chi connectivity index (χ0) is 13.1. The van der Waals surface area contributed by atoms with Crippen molar-refractivity contribution in [1.29, 1.82) is 5.26 Å². The Bertz CT molecular complexity index is 666. The second-order valence-electron chi connectivity index (χ2n) is 3.74. The molecule has 0 spiro atoms. The minimum Gasteiger partial charge on any atom is -0.497 e. The van der Waals surface area contributed by atoms with Crippen LogP contribution in [0.1, 0.15) is 11.1 Å². The van der Waals surface area contributed by atoms with Gasteiger partial charge in [-0.25, -0.2) is 5.10 Å². The third-order valence-corrected chi connectivity index (χ3v) is 2.70. The number of nitrogens with zero attached hydrogens (tertiary/aromatic N) is 2. The minimum absolute atomic E-state index is 0.0934. The number of nitrogens with one attached hydrogen (secondary N) is 1. The van der Waals surface area contributed by atoms with E-state index in [4.69, 9.17) is 10.00 Å². The lowest BCUT2D eigenvalue weighted by Gasteiger charge is -2.06. The molecule has 0 aliphatic heterocycles. The molecule has 2 aromatic rings. The van der Waals surface area contributed by atoms with E-state index in [1.165, 1.54) is 0 Å². The largest absolute Gasteiger partial charge is 0.497 e. The lowest BCUT2D eigenvalue weighted by atomic mass is 10.0. The Kier molecular flexibility index (Phi) is 3.11. The van der Waals surface area contributed by atoms with Gasteiger partial charge in [0.15, 0.2) is 0 Å². The molecular weight excluding hydrogens is 230 g/mol. The van der Waals surface area contributed by atoms with E-state index in [-0.39, 0.29) is 5.56 Å². The first-order chi connectivity index (χ1) is 8.67. The van der Waals surface area contributed by atoms with Gasteiger partial charge in [0.1, 0.15) is 17.4 Å². The van der Waals surface area contributed by atoms with Gasteiger partial charge in [0.05, 0.1) is 12.8 Å². The molecule has 90 valence electrons. The fourth-order valence-electron chi connectivity index (χ4n) is 1.70. The molecule has 0 unspecified atom stereocenters. The summed E-state index contributed by atoms with van der Waals surface area (Å²) < 4.78 is 5.07. The molecule has 0 fully saturated rings. The highest BCUT2D eigenvalue weighted by Gasteiger charge is 2.11. The normalized spacial score (nSPS) is 9.83. The molecule has 0 radical (unpaired) electrons. The van der Waals surface area contributed by atoms with E-state index < -0.39 is 5.56 Å². The molecule has 18 heavy (non-hydrogen) atoms. The first-order valence-corrected chi connectivity index (χ1v) is 5.31. The van der Waals surface area contributed by atoms with Crippen LogP contribution in [0.3, 0.4) is 0 Å². The van der Waals surface area contributed by atoms with Crippen molar-refractivity contribution >= 4 is 0 Å². The van der Waals surface area contributed by atoms with Crippen molar-refractivity contribution in [3.63, 3.8) is 0 Å². The number of nitriles is 1. The Hall–Kier alpha value is -2.61. The van der Waals surface area contributed by atoms with E-state index >= 15 is 0 Å². The van der Waals surface area contributed by atoms with Crippen molar-refractivity contribution in [1.82, 2.24) is 10.2 Å². The van der Waals surface area contributed by atoms with E-state index in [1.807, 2.05) is 18.2 Å². The Morgan fingerprint density at radius 2 is 2.00 bits per heavy atom. The van der Waals surface area contributed by atoms with Crippen LogP contribution in [0.25, 0.3) is 11.3 Å². The molecule has 0 aliphatic carbocycles. The summed E-state index contributed by atoms with van der Waals surface area (Å²) in [6.45, 7) is 1.71. The molecule has 0 bridgehead atoms. The fourth-order valence-corrected chi connectivity index (χ4v) is 1.70. The van der Waals surface area contributed by atoms with Gasteiger partial charge in [0, 0.05) is 11.1 Å². The number of methoxy groups -OCH3 is 1. The van der Waals surface area contributed by atoms with Crippen molar-refractivity contribution in [3.8, 4) is 23.1 Å². The molecule has 1 aromatic carbocycles. The van der Waals surface area contributed by atoms with Crippen molar-refractivity contribution in [3.05, 3.63) is 45.7 Å². The van der Waals surface area contributed by atoms with Crippen LogP contribution in [-0.2, 0) is 0 Å². The highest BCUT2D eigenvalue weighted by Crippen LogP contribution is 2.23. The maximum Gasteiger partial charge on any atom is 0.282 e. The van der Waals surface area contributed by atoms with Crippen LogP contribution < -0.4 is 10.3 Å². The first kappa shape index (κ1) is 11.9. The van der Waals surface area contributed by atoms with Gasteiger partial charge < -0.3 is 4.74 Å². The van der Waals surface area contributed by atoms with Crippen molar-refractivity contribution in [2.45, 2.75) is 6.92 Å². The second-order valence-corrected chi connectivity index (χ2v) is 3.74. The van der Waals surface area contributed by atoms with Gasteiger partial charge in [-0.15, -0.1) is 0 Å². The molecule has 5 heteroatoms. The van der Waals surface area contributed by atoms with Gasteiger partial charge in [0.2, 0.25) is 0 Å². The second kappa shape index (κ2) is 4.72. The van der Waals surface area contributed by atoms with Crippen molar-refractivity contribution in [2.75, 3.05) is 7.11 Å². The van der Waals surface area contributed by atoms with E-state index in [1.54, 1.807) is 26.2 Å². The van der Waals surface area contributed by atoms with Crippen molar-refractivity contribution in [2.24, 2.45) is 0 Å². The van der Waals surface area contributed by atoms with Crippen LogP contribution in [-0.4, -0.2) is 17.3 Å². The zero-order valence-corrected chi connectivity index (χ0v) is 10.0. The van der Waals surface area contributed by atoms with Crippen LogP contribution in [0.4, 0.5) is 0 Å². The monoisotopic (exact) mass is 241 g/mol. The lowest BCUT2D eigenvalue weighted by Crippen LogP contribution is -2.15. The summed E-state index contributed by atoms with van der Waals surface area (Å²) in [6, 6.07) is 9.14. The predicted octanol–water partition coefficient (Wildman–Crippen LogP) is 1.63. The fraction of sp³-hybridized carbons (Fsp3) is 0.154. The smallest absolute Gasteiger partial charge is 0.282 e. The van der Waals surface area contributed by atoms with Gasteiger partial charge in [-0.2, -0.15) is 10.4 Å². The Morgan fingerprint density at radius 1 is 1.33 bits per heavy atom. The third kappa shape index (κ3) is 1.96. The molecule has 0 saturated heterocycles. The number of hydrogen-bond acceptors (Lipinski definition) is 4. The number of rotatable bonds is 2. The van der Waals surface area contributed by atoms with E-state index in [2.05, 4.69) is 10.2 Å². The molecule has 1 aromatic heterocycles. The summed E-state index contributed by atoms with van der Waals surface area (Å²) >= 11 is 0. The highest BCUT2D eigenvalue weighted by molar-refractivity contribution is 5.65. The quantitative estimate of drug-likeness (QED) is 0.866. The third-order valence-electron chi connectivity index (χ3n) is 2.70. The molecule has 0 saturated carbocycles. The number of hydrogen-bond donors (Lipinski definition) is 1. The number of aromatic amines is 1. The summed E-state index contributed by atoms with van der Waals surface area (Å²) in [4.78, 5) is 11.4. The molecule has 1 N–H and O–H groups in total. The van der Waals surface area contributed by atoms with E-state index in [0.29, 0.717) is 11.3 Å². The SMILES string of the molecule is COc1ccc(-c2n[nH]c(=O)c(C#N)c2C)cc1. The van der Waals surface area contributed by atoms with Gasteiger partial charge in [-0.05, 0) is 31.2 Å². The average molecular weight is 241 g/mol. The van der Waals surface area contributed by atoms with E-state index in [9.17, 15) is 4.79 Å². The average Bonchev–Trinajstić information content (AvgIpc) is 2.40. The minimum atomic E-state index is -0.465. The van der Waals surface area contributed by atoms with Crippen LogP contribution in [0.2, 0.25) is 0 Å². The van der Waals surface area contributed by atoms with Crippen LogP contribution >= 0.6 is 0 Å². The van der Waals surface area contributed by atoms with E-state index in [0.717, 1.165) is 11.3 Å². The maximum absolute atomic E-state index is 11.4. The van der Waals surface area contributed by atoms with Gasteiger partial charge >= 0.3 is 0 Å². The number of benzene rings is 1. The van der Waals surface area contributed by atoms with Crippen LogP contribution in [0.5, 0.6) is 5.75 Å². The van der Waals surface area contributed by atoms with Crippen LogP contribution in [0.15, 0.2) is 29.1 Å². The highest BCUT2D eigenvalue weighted by atomic mass is 16.5. The maximum atomic E-state index is 11.4. The Morgan fingerprint density at radius 3 is 2.56 bits per heavy atom. The lowest BCUT2D eigenvalue weighted by molar-refractivity contribution is 0.415. The molecule has 0 aliphatic rings. The molecule has 1 heterocycles. The summed E-state index contributed by atoms with van der Waals surface area (Å²) in [5.41, 5.74) is 1.62. The standard InChI is InChI=1S/C13H11N3O2/c1-8-11(7-14)13(17)16-15-12(8)9-3-5-10(18-2)6-4-9/h3-6H,1-2H3,(H,16,17). The Balaban J connectivity index is 2.58. The molecule has 0 atom stereocenters. The molecular formula is C13H11N3O2. The molecule has 2 rings (SSSR count). The number of ether oxygens (including phenoxy) is 1. The zero-order valence-electron chi connectivity index (χ0n) is 10.0. The van der Waals surface area contributed by atoms with Gasteiger partial charge in [-0.1, -0.05) is 0 Å². The summed E-state index contributed by atoms with van der Waals surface area (Å²) in [7, 11) is 1.59. The van der Waals surface area contributed by atoms with Crippen molar-refractivity contribution < 1.29 is 4.74 Å². The topological polar surface area (TPSA) is 78.8 Å². The number of H-pyrrole nitrogens is 1. The van der Waals surface area contributed by atoms with Gasteiger partial charge in [0.25, 0.3) is 5.56 Å². The summed E-state index contributed by atoms with van der Waals surface area (Å²) in [6.07, 6.45) is 0. The predicted molar refractivity (Wildman–Crippen MR) is 66.3 cm³/mol. The number of aromatic nitrogens is 2. The Labute approximate surface area is 104 Å². The van der Waals surface area contributed by atoms with Crippen LogP contribution in [0, 0.1) is 18.3 Å². The summed E-state index contributed by atoms with van der Waals surface area (Å²) in [5, 5.41) is 15.2. The summed E-state index contributed by atoms with van der Waals surface area (Å²) in [5.74, 6) is 0.737. The molecule has 5 nitrogen and oxygen atoms in total. The first-order valence-electron chi connectivity index (χ1n) is 5.31.